The zero-order valence-corrected chi connectivity index (χ0v) is 17.2. The molecule has 3 rings (SSSR count). The first kappa shape index (κ1) is 20.2. The number of halogens is 1. The number of amides is 1. The summed E-state index contributed by atoms with van der Waals surface area (Å²) in [6.45, 7) is 4.12. The number of carbonyl (C=O) groups excluding carboxylic acids is 1. The van der Waals surface area contributed by atoms with Crippen molar-refractivity contribution in [3.8, 4) is 11.8 Å². The summed E-state index contributed by atoms with van der Waals surface area (Å²) in [5.41, 5.74) is 0.910. The van der Waals surface area contributed by atoms with Crippen LogP contribution in [0.2, 0.25) is 5.02 Å². The number of nitrogens with zero attached hydrogens (tertiary/aromatic N) is 3. The number of rotatable bonds is 5. The van der Waals surface area contributed by atoms with E-state index in [-0.39, 0.29) is 24.0 Å². The van der Waals surface area contributed by atoms with E-state index in [1.807, 2.05) is 17.7 Å². The number of aromatic nitrogens is 2. The zero-order chi connectivity index (χ0) is 20.3. The minimum absolute atomic E-state index is 0.0829. The maximum Gasteiger partial charge on any atom is 0.271 e. The van der Waals surface area contributed by atoms with E-state index in [9.17, 15) is 4.79 Å². The molecule has 0 saturated heterocycles. The van der Waals surface area contributed by atoms with Crippen molar-refractivity contribution in [3.63, 3.8) is 0 Å². The third-order valence-electron chi connectivity index (χ3n) is 5.03. The molecule has 1 heterocycles. The summed E-state index contributed by atoms with van der Waals surface area (Å²) in [6.07, 6.45) is 5.27. The second-order valence-corrected chi connectivity index (χ2v) is 7.98. The first-order valence-electron chi connectivity index (χ1n) is 9.57. The molecular formula is C21H25ClN4O2. The van der Waals surface area contributed by atoms with Gasteiger partial charge in [-0.15, -0.1) is 0 Å². The molecular weight excluding hydrogens is 376 g/mol. The number of nitrogens with one attached hydrogen (secondary N) is 1. The summed E-state index contributed by atoms with van der Waals surface area (Å²) < 4.78 is 7.91. The predicted octanol–water partition coefficient (Wildman–Crippen LogP) is 4.19. The van der Waals surface area contributed by atoms with E-state index >= 15 is 0 Å². The number of benzene rings is 1. The molecule has 0 atom stereocenters. The number of hydrogen-bond acceptors (Lipinski definition) is 4. The Bertz CT molecular complexity index is 892. The summed E-state index contributed by atoms with van der Waals surface area (Å²) in [6, 6.07) is 7.29. The van der Waals surface area contributed by atoms with Crippen LogP contribution in [0.3, 0.4) is 0 Å². The van der Waals surface area contributed by atoms with Crippen molar-refractivity contribution in [3.05, 3.63) is 46.5 Å². The Morgan fingerprint density at radius 2 is 2.07 bits per heavy atom. The Morgan fingerprint density at radius 3 is 2.64 bits per heavy atom. The third kappa shape index (κ3) is 4.66. The molecule has 1 aromatic heterocycles. The maximum atomic E-state index is 12.5. The number of aryl methyl sites for hydroxylation is 1. The van der Waals surface area contributed by atoms with Gasteiger partial charge in [-0.1, -0.05) is 25.4 Å². The lowest BCUT2D eigenvalue weighted by molar-refractivity contribution is 0.0889. The molecule has 1 N–H and O–H groups in total. The molecule has 2 aromatic rings. The summed E-state index contributed by atoms with van der Waals surface area (Å²) in [4.78, 5) is 17.0. The first-order valence-corrected chi connectivity index (χ1v) is 9.95. The number of carbonyl (C=O) groups is 1. The highest BCUT2D eigenvalue weighted by Gasteiger charge is 2.25. The molecule has 0 unspecified atom stereocenters. The van der Waals surface area contributed by atoms with Gasteiger partial charge in [0.25, 0.3) is 5.91 Å². The first-order chi connectivity index (χ1) is 13.4. The van der Waals surface area contributed by atoms with E-state index in [4.69, 9.17) is 21.6 Å². The molecule has 1 aromatic carbocycles. The van der Waals surface area contributed by atoms with Gasteiger partial charge < -0.3 is 14.6 Å². The van der Waals surface area contributed by atoms with Crippen LogP contribution in [0.1, 0.15) is 67.3 Å². The summed E-state index contributed by atoms with van der Waals surface area (Å²) in [7, 11) is 1.91. The Kier molecular flexibility index (Phi) is 6.25. The van der Waals surface area contributed by atoms with Gasteiger partial charge >= 0.3 is 0 Å². The molecule has 0 spiro atoms. The van der Waals surface area contributed by atoms with E-state index < -0.39 is 0 Å². The Balaban J connectivity index is 1.51. The highest BCUT2D eigenvalue weighted by molar-refractivity contribution is 6.31. The van der Waals surface area contributed by atoms with E-state index in [1.165, 1.54) is 0 Å². The van der Waals surface area contributed by atoms with Gasteiger partial charge in [0.1, 0.15) is 23.3 Å². The molecule has 1 amide bonds. The molecule has 1 fully saturated rings. The average molecular weight is 401 g/mol. The SMILES string of the molecule is CC(C)c1nc(C(=O)N[C@H]2CC[C@H](Oc3ccc(C#N)c(Cl)c3)CC2)cn1C. The Morgan fingerprint density at radius 1 is 1.36 bits per heavy atom. The van der Waals surface area contributed by atoms with Crippen LogP contribution < -0.4 is 10.1 Å². The van der Waals surface area contributed by atoms with Gasteiger partial charge in [0.05, 0.1) is 16.7 Å². The topological polar surface area (TPSA) is 79.9 Å². The normalized spacial score (nSPS) is 19.3. The third-order valence-corrected chi connectivity index (χ3v) is 5.35. The van der Waals surface area contributed by atoms with Crippen molar-refractivity contribution in [2.24, 2.45) is 7.05 Å². The van der Waals surface area contributed by atoms with E-state index in [1.54, 1.807) is 24.4 Å². The molecule has 7 heteroatoms. The summed E-state index contributed by atoms with van der Waals surface area (Å²) in [5.74, 6) is 1.73. The molecule has 6 nitrogen and oxygen atoms in total. The fraction of sp³-hybridized carbons (Fsp3) is 0.476. The zero-order valence-electron chi connectivity index (χ0n) is 16.4. The van der Waals surface area contributed by atoms with Crippen LogP contribution in [0.4, 0.5) is 0 Å². The van der Waals surface area contributed by atoms with E-state index in [2.05, 4.69) is 24.1 Å². The number of hydrogen-bond donors (Lipinski definition) is 1. The fourth-order valence-corrected chi connectivity index (χ4v) is 3.78. The molecule has 1 aliphatic rings. The van der Waals surface area contributed by atoms with Crippen molar-refractivity contribution in [1.82, 2.24) is 14.9 Å². The predicted molar refractivity (Wildman–Crippen MR) is 108 cm³/mol. The van der Waals surface area contributed by atoms with Crippen LogP contribution in [-0.2, 0) is 7.05 Å². The maximum absolute atomic E-state index is 12.5. The van der Waals surface area contributed by atoms with Crippen molar-refractivity contribution in [2.45, 2.75) is 57.6 Å². The van der Waals surface area contributed by atoms with Crippen molar-refractivity contribution in [1.29, 1.82) is 5.26 Å². The van der Waals surface area contributed by atoms with Crippen LogP contribution in [0.5, 0.6) is 5.75 Å². The van der Waals surface area contributed by atoms with Gasteiger partial charge in [-0.2, -0.15) is 5.26 Å². The highest BCUT2D eigenvalue weighted by Crippen LogP contribution is 2.27. The lowest BCUT2D eigenvalue weighted by atomic mass is 9.93. The van der Waals surface area contributed by atoms with Gasteiger partial charge in [0.15, 0.2) is 0 Å². The molecule has 28 heavy (non-hydrogen) atoms. The van der Waals surface area contributed by atoms with Gasteiger partial charge in [-0.05, 0) is 37.8 Å². The van der Waals surface area contributed by atoms with Gasteiger partial charge in [0.2, 0.25) is 0 Å². The lowest BCUT2D eigenvalue weighted by Crippen LogP contribution is -2.39. The molecule has 0 radical (unpaired) electrons. The van der Waals surface area contributed by atoms with Gasteiger partial charge in [-0.3, -0.25) is 4.79 Å². The average Bonchev–Trinajstić information content (AvgIpc) is 3.06. The summed E-state index contributed by atoms with van der Waals surface area (Å²) in [5, 5.41) is 12.4. The van der Waals surface area contributed by atoms with Crippen LogP contribution in [0.25, 0.3) is 0 Å². The van der Waals surface area contributed by atoms with E-state index in [0.717, 1.165) is 31.5 Å². The number of ether oxygens (including phenoxy) is 1. The second kappa shape index (κ2) is 8.66. The molecule has 1 saturated carbocycles. The highest BCUT2D eigenvalue weighted by atomic mass is 35.5. The molecule has 0 bridgehead atoms. The van der Waals surface area contributed by atoms with Gasteiger partial charge in [0, 0.05) is 31.3 Å². The number of nitriles is 1. The Hall–Kier alpha value is -2.52. The Labute approximate surface area is 170 Å². The van der Waals surface area contributed by atoms with Gasteiger partial charge in [-0.25, -0.2) is 4.98 Å². The van der Waals surface area contributed by atoms with Crippen molar-refractivity contribution < 1.29 is 9.53 Å². The smallest absolute Gasteiger partial charge is 0.271 e. The number of imidazole rings is 1. The van der Waals surface area contributed by atoms with Crippen molar-refractivity contribution >= 4 is 17.5 Å². The molecule has 0 aliphatic heterocycles. The van der Waals surface area contributed by atoms with Crippen LogP contribution in [0, 0.1) is 11.3 Å². The minimum Gasteiger partial charge on any atom is -0.490 e. The lowest BCUT2D eigenvalue weighted by Gasteiger charge is -2.29. The van der Waals surface area contributed by atoms with Crippen LogP contribution >= 0.6 is 11.6 Å². The largest absolute Gasteiger partial charge is 0.490 e. The van der Waals surface area contributed by atoms with E-state index in [0.29, 0.717) is 22.0 Å². The monoisotopic (exact) mass is 400 g/mol. The fourth-order valence-electron chi connectivity index (χ4n) is 3.56. The minimum atomic E-state index is -0.120. The standard InChI is InChI=1S/C21H25ClN4O2/c1-13(2)20-25-19(12-26(20)3)21(27)24-15-5-8-16(9-6-15)28-17-7-4-14(11-23)18(22)10-17/h4,7,10,12-13,15-16H,5-6,8-9H2,1-3H3,(H,24,27)/t15-,16-. The van der Waals surface area contributed by atoms with Crippen LogP contribution in [0.15, 0.2) is 24.4 Å². The van der Waals surface area contributed by atoms with Crippen LogP contribution in [-0.4, -0.2) is 27.6 Å². The summed E-state index contributed by atoms with van der Waals surface area (Å²) >= 11 is 6.06. The molecule has 148 valence electrons. The second-order valence-electron chi connectivity index (χ2n) is 7.57. The molecule has 1 aliphatic carbocycles. The van der Waals surface area contributed by atoms with Crippen molar-refractivity contribution in [2.75, 3.05) is 0 Å². The quantitative estimate of drug-likeness (QED) is 0.816.